The Labute approximate surface area is 205 Å². The lowest BCUT2D eigenvalue weighted by Crippen LogP contribution is -2.25. The molecule has 0 fully saturated rings. The van der Waals surface area contributed by atoms with Crippen LogP contribution in [0.4, 0.5) is 5.69 Å². The van der Waals surface area contributed by atoms with Gasteiger partial charge in [-0.25, -0.2) is 4.79 Å². The Balaban J connectivity index is 1.60. The molecule has 2 aromatic heterocycles. The third kappa shape index (κ3) is 5.30. The van der Waals surface area contributed by atoms with E-state index in [2.05, 4.69) is 20.0 Å². The van der Waals surface area contributed by atoms with Gasteiger partial charge in [0, 0.05) is 18.0 Å². The molecule has 0 saturated heterocycles. The Hall–Kier alpha value is -4.40. The van der Waals surface area contributed by atoms with Crippen molar-refractivity contribution in [3.05, 3.63) is 64.3 Å². The van der Waals surface area contributed by atoms with Crippen LogP contribution >= 0.6 is 0 Å². The summed E-state index contributed by atoms with van der Waals surface area (Å²) in [5.41, 5.74) is 2.00. The zero-order valence-corrected chi connectivity index (χ0v) is 19.9. The van der Waals surface area contributed by atoms with E-state index in [0.717, 1.165) is 5.39 Å². The van der Waals surface area contributed by atoms with Crippen LogP contribution in [0.3, 0.4) is 0 Å². The maximum absolute atomic E-state index is 13.3. The maximum atomic E-state index is 13.3. The molecule has 11 heteroatoms. The fourth-order valence-corrected chi connectivity index (χ4v) is 3.70. The van der Waals surface area contributed by atoms with E-state index in [1.165, 1.54) is 6.07 Å². The van der Waals surface area contributed by atoms with Crippen LogP contribution in [0.1, 0.15) is 29.9 Å². The lowest BCUT2D eigenvalue weighted by atomic mass is 10.1. The number of carbonyl (C=O) groups is 1. The van der Waals surface area contributed by atoms with Gasteiger partial charge >= 0.3 is 5.76 Å². The quantitative estimate of drug-likeness (QED) is 0.323. The van der Waals surface area contributed by atoms with Crippen molar-refractivity contribution in [2.75, 3.05) is 18.5 Å². The molecule has 4 rings (SSSR count). The second-order valence-corrected chi connectivity index (χ2v) is 8.40. The zero-order chi connectivity index (χ0) is 25.8. The molecule has 1 atom stereocenters. The number of aryl methyl sites for hydroxylation is 1. The Morgan fingerprint density at radius 3 is 2.78 bits per heavy atom. The topological polar surface area (TPSA) is 155 Å². The first-order chi connectivity index (χ1) is 17.3. The Kier molecular flexibility index (Phi) is 7.19. The number of fused-ring (bicyclic) bond motifs is 1. The predicted octanol–water partition coefficient (Wildman–Crippen LogP) is 2.81. The Morgan fingerprint density at radius 2 is 2.08 bits per heavy atom. The number of aliphatic hydroxyl groups excluding tert-OH is 1. The predicted molar refractivity (Wildman–Crippen MR) is 131 cm³/mol. The van der Waals surface area contributed by atoms with Crippen molar-refractivity contribution in [1.82, 2.24) is 14.7 Å². The van der Waals surface area contributed by atoms with Crippen LogP contribution in [0.25, 0.3) is 22.3 Å². The van der Waals surface area contributed by atoms with E-state index in [0.29, 0.717) is 33.8 Å². The number of hydrogen-bond donors (Lipinski definition) is 3. The summed E-state index contributed by atoms with van der Waals surface area (Å²) in [6.45, 7) is 3.95. The van der Waals surface area contributed by atoms with Crippen molar-refractivity contribution in [1.29, 1.82) is 5.26 Å². The van der Waals surface area contributed by atoms with Crippen molar-refractivity contribution >= 4 is 22.5 Å². The number of amides is 1. The first-order valence-electron chi connectivity index (χ1n) is 11.2. The van der Waals surface area contributed by atoms with Gasteiger partial charge in [0.05, 0.1) is 35.5 Å². The van der Waals surface area contributed by atoms with Gasteiger partial charge in [-0.15, -0.1) is 0 Å². The Bertz CT molecular complexity index is 1490. The number of benzene rings is 2. The smallest absolute Gasteiger partial charge is 0.439 e. The third-order valence-corrected chi connectivity index (χ3v) is 5.40. The average molecular weight is 492 g/mol. The summed E-state index contributed by atoms with van der Waals surface area (Å²) in [5, 5.41) is 26.6. The number of H-pyrrole nitrogens is 1. The molecule has 0 saturated carbocycles. The summed E-state index contributed by atoms with van der Waals surface area (Å²) in [7, 11) is 1.73. The molecule has 2 heterocycles. The van der Waals surface area contributed by atoms with E-state index >= 15 is 0 Å². The average Bonchev–Trinajstić information content (AvgIpc) is 3.45. The number of aliphatic hydroxyl groups is 1. The second-order valence-electron chi connectivity index (χ2n) is 8.40. The summed E-state index contributed by atoms with van der Waals surface area (Å²) in [6.07, 6.45) is -0.804. The highest BCUT2D eigenvalue weighted by Crippen LogP contribution is 2.30. The zero-order valence-electron chi connectivity index (χ0n) is 19.9. The molecule has 186 valence electrons. The molecule has 2 aromatic carbocycles. The summed E-state index contributed by atoms with van der Waals surface area (Å²) in [5.74, 6) is -0.592. The molecule has 0 spiro atoms. The molecule has 0 bridgehead atoms. The van der Waals surface area contributed by atoms with Crippen molar-refractivity contribution in [2.24, 2.45) is 7.05 Å². The second kappa shape index (κ2) is 10.5. The fourth-order valence-electron chi connectivity index (χ4n) is 3.70. The van der Waals surface area contributed by atoms with Crippen LogP contribution in [0.5, 0.6) is 5.75 Å². The van der Waals surface area contributed by atoms with Crippen molar-refractivity contribution < 1.29 is 23.9 Å². The van der Waals surface area contributed by atoms with Gasteiger partial charge in [0.1, 0.15) is 24.2 Å². The highest BCUT2D eigenvalue weighted by atomic mass is 16.5. The monoisotopic (exact) mass is 491 g/mol. The van der Waals surface area contributed by atoms with E-state index in [-0.39, 0.29) is 25.1 Å². The van der Waals surface area contributed by atoms with Crippen LogP contribution in [-0.2, 0) is 11.8 Å². The van der Waals surface area contributed by atoms with Crippen LogP contribution in [0.15, 0.2) is 51.8 Å². The van der Waals surface area contributed by atoms with Crippen LogP contribution in [0.2, 0.25) is 0 Å². The number of rotatable bonds is 9. The molecule has 1 amide bonds. The molecule has 0 aliphatic heterocycles. The molecule has 0 radical (unpaired) electrons. The molecule has 1 unspecified atom stereocenters. The number of nitriles is 1. The summed E-state index contributed by atoms with van der Waals surface area (Å²) in [4.78, 5) is 27.1. The highest BCUT2D eigenvalue weighted by molar-refractivity contribution is 6.08. The number of nitrogens with zero attached hydrogens (tertiary/aromatic N) is 3. The number of aromatic amines is 1. The molecule has 11 nitrogen and oxygen atoms in total. The first-order valence-corrected chi connectivity index (χ1v) is 11.2. The molecule has 0 aliphatic rings. The molecular formula is C25H25N5O6. The SMILES string of the molecule is CC(C)OCC(O)COc1cccc2cc(C(=O)Nc3ccc(C#N)cc3-c3noc(=O)[nH]3)n(C)c12. The van der Waals surface area contributed by atoms with E-state index in [9.17, 15) is 20.0 Å². The van der Waals surface area contributed by atoms with Gasteiger partial charge in [-0.05, 0) is 44.2 Å². The Morgan fingerprint density at radius 1 is 1.28 bits per heavy atom. The molecule has 3 N–H and O–H groups in total. The van der Waals surface area contributed by atoms with Gasteiger partial charge in [0.25, 0.3) is 5.91 Å². The lowest BCUT2D eigenvalue weighted by molar-refractivity contribution is -0.0121. The van der Waals surface area contributed by atoms with Gasteiger partial charge in [-0.3, -0.25) is 14.3 Å². The minimum absolute atomic E-state index is 0.00168. The number of hydrogen-bond acceptors (Lipinski definition) is 8. The largest absolute Gasteiger partial charge is 0.489 e. The fraction of sp³-hybridized carbons (Fsp3) is 0.280. The first kappa shape index (κ1) is 24.7. The van der Waals surface area contributed by atoms with Gasteiger partial charge in [-0.2, -0.15) is 5.26 Å². The van der Waals surface area contributed by atoms with E-state index in [1.54, 1.807) is 41.9 Å². The van der Waals surface area contributed by atoms with Crippen molar-refractivity contribution in [2.45, 2.75) is 26.1 Å². The minimum atomic E-state index is -0.802. The van der Waals surface area contributed by atoms with Crippen LogP contribution < -0.4 is 15.8 Å². The van der Waals surface area contributed by atoms with Gasteiger partial charge < -0.3 is 24.5 Å². The van der Waals surface area contributed by atoms with Crippen LogP contribution in [-0.4, -0.2) is 51.1 Å². The summed E-state index contributed by atoms with van der Waals surface area (Å²) in [6, 6.07) is 13.7. The minimum Gasteiger partial charge on any atom is -0.489 e. The van der Waals surface area contributed by atoms with Gasteiger partial charge in [0.15, 0.2) is 5.82 Å². The van der Waals surface area contributed by atoms with E-state index in [4.69, 9.17) is 9.47 Å². The molecule has 4 aromatic rings. The van der Waals surface area contributed by atoms with E-state index in [1.807, 2.05) is 26.0 Å². The van der Waals surface area contributed by atoms with Gasteiger partial charge in [0.2, 0.25) is 0 Å². The standard InChI is InChI=1S/C25H25N5O6/c1-14(2)34-12-17(31)13-35-21-6-4-5-16-10-20(30(3)22(16)21)24(32)27-19-8-7-15(11-26)9-18(19)23-28-25(33)36-29-23/h4-10,14,17,31H,12-13H2,1-3H3,(H,27,32)(H,28,29,33). The normalized spacial score (nSPS) is 12.0. The van der Waals surface area contributed by atoms with Crippen molar-refractivity contribution in [3.8, 4) is 23.2 Å². The molecule has 0 aliphatic carbocycles. The summed E-state index contributed by atoms with van der Waals surface area (Å²) < 4.78 is 17.5. The van der Waals surface area contributed by atoms with E-state index < -0.39 is 17.8 Å². The number of aromatic nitrogens is 3. The number of anilines is 1. The third-order valence-electron chi connectivity index (χ3n) is 5.40. The van der Waals surface area contributed by atoms with Crippen molar-refractivity contribution in [3.63, 3.8) is 0 Å². The highest BCUT2D eigenvalue weighted by Gasteiger charge is 2.20. The number of nitrogens with one attached hydrogen (secondary N) is 2. The van der Waals surface area contributed by atoms with Crippen LogP contribution in [0, 0.1) is 11.3 Å². The molecular weight excluding hydrogens is 466 g/mol. The number of carbonyl (C=O) groups excluding carboxylic acids is 1. The van der Waals surface area contributed by atoms with Gasteiger partial charge in [-0.1, -0.05) is 17.3 Å². The maximum Gasteiger partial charge on any atom is 0.439 e. The number of para-hydroxylation sites is 1. The summed E-state index contributed by atoms with van der Waals surface area (Å²) >= 11 is 0. The molecule has 36 heavy (non-hydrogen) atoms. The number of ether oxygens (including phenoxy) is 2. The lowest BCUT2D eigenvalue weighted by Gasteiger charge is -2.15.